The summed E-state index contributed by atoms with van der Waals surface area (Å²) in [5.74, 6) is 0.883. The summed E-state index contributed by atoms with van der Waals surface area (Å²) >= 11 is 0. The third-order valence-electron chi connectivity index (χ3n) is 4.71. The van der Waals surface area contributed by atoms with Gasteiger partial charge in [0, 0.05) is 19.6 Å². The summed E-state index contributed by atoms with van der Waals surface area (Å²) in [6.45, 7) is 6.89. The highest BCUT2D eigenvalue weighted by Crippen LogP contribution is 2.25. The number of aromatic hydroxyl groups is 1. The van der Waals surface area contributed by atoms with Crippen LogP contribution in [0, 0.1) is 5.82 Å². The van der Waals surface area contributed by atoms with E-state index in [0.29, 0.717) is 13.1 Å². The lowest BCUT2D eigenvalue weighted by atomic mass is 10.1. The standard InChI is InChI=1S/C22H28FN3O2/c1-3-24-22(25-12-11-17-5-4-6-20(27)13-17)26-14-16(2)28-21(15-26)18-7-9-19(23)10-8-18/h4-10,13,16,21,27H,3,11-12,14-15H2,1-2H3,(H,24,25). The van der Waals surface area contributed by atoms with E-state index in [0.717, 1.165) is 36.6 Å². The van der Waals surface area contributed by atoms with Crippen molar-refractivity contribution in [2.45, 2.75) is 32.5 Å². The molecular weight excluding hydrogens is 357 g/mol. The molecule has 1 aliphatic heterocycles. The maximum Gasteiger partial charge on any atom is 0.194 e. The molecule has 0 bridgehead atoms. The second-order valence-electron chi connectivity index (χ2n) is 7.05. The monoisotopic (exact) mass is 385 g/mol. The van der Waals surface area contributed by atoms with E-state index in [1.54, 1.807) is 24.3 Å². The van der Waals surface area contributed by atoms with Crippen LogP contribution in [-0.2, 0) is 11.2 Å². The highest BCUT2D eigenvalue weighted by Gasteiger charge is 2.28. The molecule has 6 heteroatoms. The fourth-order valence-electron chi connectivity index (χ4n) is 3.41. The SMILES string of the molecule is CCNC(=NCCc1cccc(O)c1)N1CC(C)OC(c2ccc(F)cc2)C1. The molecule has 2 aromatic carbocycles. The maximum atomic E-state index is 13.2. The molecule has 2 N–H and O–H groups in total. The van der Waals surface area contributed by atoms with Gasteiger partial charge in [0.05, 0.1) is 12.6 Å². The van der Waals surface area contributed by atoms with Gasteiger partial charge < -0.3 is 20.1 Å². The summed E-state index contributed by atoms with van der Waals surface area (Å²) in [5, 5.41) is 13.0. The van der Waals surface area contributed by atoms with Crippen molar-refractivity contribution in [3.8, 4) is 5.75 Å². The van der Waals surface area contributed by atoms with Gasteiger partial charge in [0.15, 0.2) is 5.96 Å². The summed E-state index contributed by atoms with van der Waals surface area (Å²) in [5.41, 5.74) is 2.02. The molecule has 1 aliphatic rings. The molecule has 0 amide bonds. The van der Waals surface area contributed by atoms with Crippen LogP contribution in [0.25, 0.3) is 0 Å². The van der Waals surface area contributed by atoms with Crippen molar-refractivity contribution in [2.75, 3.05) is 26.2 Å². The molecule has 28 heavy (non-hydrogen) atoms. The Balaban J connectivity index is 1.69. The van der Waals surface area contributed by atoms with Crippen molar-refractivity contribution < 1.29 is 14.2 Å². The van der Waals surface area contributed by atoms with E-state index in [1.807, 2.05) is 26.0 Å². The third kappa shape index (κ3) is 5.45. The molecule has 1 fully saturated rings. The van der Waals surface area contributed by atoms with Gasteiger partial charge in [-0.2, -0.15) is 0 Å². The minimum Gasteiger partial charge on any atom is -0.508 e. The molecule has 2 atom stereocenters. The Labute approximate surface area is 165 Å². The Morgan fingerprint density at radius 3 is 2.75 bits per heavy atom. The molecule has 0 radical (unpaired) electrons. The average molecular weight is 385 g/mol. The first-order chi connectivity index (χ1) is 13.5. The minimum absolute atomic E-state index is 0.0405. The van der Waals surface area contributed by atoms with E-state index in [9.17, 15) is 9.50 Å². The maximum absolute atomic E-state index is 13.2. The number of phenolic OH excluding ortho intramolecular Hbond substituents is 1. The number of nitrogens with zero attached hydrogens (tertiary/aromatic N) is 2. The van der Waals surface area contributed by atoms with Gasteiger partial charge in [-0.3, -0.25) is 4.99 Å². The molecule has 0 saturated carbocycles. The Hall–Kier alpha value is -2.60. The van der Waals surface area contributed by atoms with Crippen molar-refractivity contribution in [3.63, 3.8) is 0 Å². The number of ether oxygens (including phenoxy) is 1. The topological polar surface area (TPSA) is 57.1 Å². The van der Waals surface area contributed by atoms with E-state index >= 15 is 0 Å². The van der Waals surface area contributed by atoms with Gasteiger partial charge in [-0.25, -0.2) is 4.39 Å². The number of rotatable bonds is 5. The molecule has 150 valence electrons. The molecule has 2 aromatic rings. The van der Waals surface area contributed by atoms with Crippen LogP contribution in [0.2, 0.25) is 0 Å². The second-order valence-corrected chi connectivity index (χ2v) is 7.05. The Morgan fingerprint density at radius 1 is 1.25 bits per heavy atom. The fraction of sp³-hybridized carbons (Fsp3) is 0.409. The summed E-state index contributed by atoms with van der Waals surface area (Å²) < 4.78 is 19.3. The number of guanidine groups is 1. The van der Waals surface area contributed by atoms with E-state index in [4.69, 9.17) is 9.73 Å². The number of hydrogen-bond donors (Lipinski definition) is 2. The number of benzene rings is 2. The first-order valence-electron chi connectivity index (χ1n) is 9.77. The molecule has 5 nitrogen and oxygen atoms in total. The van der Waals surface area contributed by atoms with Gasteiger partial charge in [0.2, 0.25) is 0 Å². The van der Waals surface area contributed by atoms with Crippen LogP contribution in [0.3, 0.4) is 0 Å². The Kier molecular flexibility index (Phi) is 6.87. The molecular formula is C22H28FN3O2. The van der Waals surface area contributed by atoms with Gasteiger partial charge in [-0.05, 0) is 55.7 Å². The van der Waals surface area contributed by atoms with Crippen molar-refractivity contribution in [1.29, 1.82) is 0 Å². The highest BCUT2D eigenvalue weighted by molar-refractivity contribution is 5.80. The predicted octanol–water partition coefficient (Wildman–Crippen LogP) is 3.50. The first-order valence-corrected chi connectivity index (χ1v) is 9.77. The summed E-state index contributed by atoms with van der Waals surface area (Å²) in [4.78, 5) is 6.98. The van der Waals surface area contributed by atoms with E-state index in [1.165, 1.54) is 12.1 Å². The van der Waals surface area contributed by atoms with Crippen molar-refractivity contribution in [2.24, 2.45) is 4.99 Å². The smallest absolute Gasteiger partial charge is 0.194 e. The average Bonchev–Trinajstić information content (AvgIpc) is 2.67. The summed E-state index contributed by atoms with van der Waals surface area (Å²) in [7, 11) is 0. The molecule has 1 saturated heterocycles. The molecule has 1 heterocycles. The van der Waals surface area contributed by atoms with Crippen molar-refractivity contribution >= 4 is 5.96 Å². The molecule has 0 spiro atoms. The summed E-state index contributed by atoms with van der Waals surface area (Å²) in [6.07, 6.45) is 0.669. The Bertz CT molecular complexity index is 795. The normalized spacial score (nSPS) is 20.2. The van der Waals surface area contributed by atoms with Gasteiger partial charge in [0.25, 0.3) is 0 Å². The van der Waals surface area contributed by atoms with Crippen LogP contribution in [0.15, 0.2) is 53.5 Å². The lowest BCUT2D eigenvalue weighted by Gasteiger charge is -2.38. The van der Waals surface area contributed by atoms with Gasteiger partial charge in [-0.1, -0.05) is 24.3 Å². The fourth-order valence-corrected chi connectivity index (χ4v) is 3.41. The third-order valence-corrected chi connectivity index (χ3v) is 4.71. The number of aliphatic imine (C=N–C) groups is 1. The van der Waals surface area contributed by atoms with Gasteiger partial charge >= 0.3 is 0 Å². The van der Waals surface area contributed by atoms with Crippen LogP contribution in [0.1, 0.15) is 31.1 Å². The highest BCUT2D eigenvalue weighted by atomic mass is 19.1. The number of hydrogen-bond acceptors (Lipinski definition) is 3. The summed E-state index contributed by atoms with van der Waals surface area (Å²) in [6, 6.07) is 13.8. The largest absolute Gasteiger partial charge is 0.508 e. The van der Waals surface area contributed by atoms with E-state index < -0.39 is 0 Å². The van der Waals surface area contributed by atoms with Crippen LogP contribution < -0.4 is 5.32 Å². The zero-order chi connectivity index (χ0) is 19.9. The van der Waals surface area contributed by atoms with Crippen molar-refractivity contribution in [1.82, 2.24) is 10.2 Å². The first kappa shape index (κ1) is 20.1. The molecule has 0 aromatic heterocycles. The zero-order valence-electron chi connectivity index (χ0n) is 16.4. The number of nitrogens with one attached hydrogen (secondary N) is 1. The van der Waals surface area contributed by atoms with E-state index in [-0.39, 0.29) is 23.8 Å². The number of morpholine rings is 1. The predicted molar refractivity (Wildman–Crippen MR) is 109 cm³/mol. The van der Waals surface area contributed by atoms with E-state index in [2.05, 4.69) is 10.2 Å². The molecule has 3 rings (SSSR count). The zero-order valence-corrected chi connectivity index (χ0v) is 16.4. The lowest BCUT2D eigenvalue weighted by Crippen LogP contribution is -2.50. The number of halogens is 1. The second kappa shape index (κ2) is 9.55. The Morgan fingerprint density at radius 2 is 2.04 bits per heavy atom. The molecule has 2 unspecified atom stereocenters. The minimum atomic E-state index is -0.244. The quantitative estimate of drug-likeness (QED) is 0.611. The number of phenols is 1. The lowest BCUT2D eigenvalue weighted by molar-refractivity contribution is -0.0605. The van der Waals surface area contributed by atoms with Gasteiger partial charge in [-0.15, -0.1) is 0 Å². The van der Waals surface area contributed by atoms with Crippen molar-refractivity contribution in [3.05, 3.63) is 65.5 Å². The van der Waals surface area contributed by atoms with Crippen LogP contribution >= 0.6 is 0 Å². The van der Waals surface area contributed by atoms with Crippen LogP contribution in [0.5, 0.6) is 5.75 Å². The van der Waals surface area contributed by atoms with Crippen LogP contribution in [-0.4, -0.2) is 48.2 Å². The van der Waals surface area contributed by atoms with Gasteiger partial charge in [0.1, 0.15) is 17.7 Å². The van der Waals surface area contributed by atoms with Crippen LogP contribution in [0.4, 0.5) is 4.39 Å². The molecule has 0 aliphatic carbocycles.